The van der Waals surface area contributed by atoms with E-state index in [1.165, 1.54) is 0 Å². The van der Waals surface area contributed by atoms with Gasteiger partial charge in [-0.3, -0.25) is 0 Å². The highest BCUT2D eigenvalue weighted by atomic mass is 32.2. The molecule has 4 nitrogen and oxygen atoms in total. The lowest BCUT2D eigenvalue weighted by Gasteiger charge is -2.19. The summed E-state index contributed by atoms with van der Waals surface area (Å²) in [4.78, 5) is 3.45. The van der Waals surface area contributed by atoms with E-state index in [0.29, 0.717) is 11.5 Å². The molecule has 2 N–H and O–H groups in total. The fraction of sp³-hybridized carbons (Fsp3) is 0.194. The van der Waals surface area contributed by atoms with Crippen molar-refractivity contribution in [3.8, 4) is 11.5 Å². The molecular weight excluding hydrogens is 496 g/mol. The summed E-state index contributed by atoms with van der Waals surface area (Å²) in [5, 5.41) is 22.4. The van der Waals surface area contributed by atoms with Crippen molar-refractivity contribution >= 4 is 50.7 Å². The summed E-state index contributed by atoms with van der Waals surface area (Å²) < 4.78 is 3.45. The molecule has 0 saturated heterocycles. The van der Waals surface area contributed by atoms with E-state index >= 15 is 0 Å². The second-order valence-electron chi connectivity index (χ2n) is 8.98. The van der Waals surface area contributed by atoms with Gasteiger partial charge in [-0.15, -0.1) is 0 Å². The minimum atomic E-state index is 0.294. The van der Waals surface area contributed by atoms with E-state index in [2.05, 4.69) is 71.9 Å². The van der Waals surface area contributed by atoms with Crippen molar-refractivity contribution in [2.45, 2.75) is 38.1 Å². The number of aromatic nitrogens is 1. The van der Waals surface area contributed by atoms with Gasteiger partial charge in [0.2, 0.25) is 5.52 Å². The zero-order valence-corrected chi connectivity index (χ0v) is 22.7. The maximum absolute atomic E-state index is 10.1. The molecule has 0 amide bonds. The highest BCUT2D eigenvalue weighted by Gasteiger charge is 2.24. The van der Waals surface area contributed by atoms with Gasteiger partial charge in [0.05, 0.1) is 16.8 Å². The number of thioether (sulfide) groups is 1. The smallest absolute Gasteiger partial charge is 0.262 e. The third-order valence-corrected chi connectivity index (χ3v) is 8.50. The summed E-state index contributed by atoms with van der Waals surface area (Å²) in [6.07, 6.45) is 10.8. The number of allylic oxidation sites excluding steroid dienone is 4. The predicted molar refractivity (Wildman–Crippen MR) is 157 cm³/mol. The van der Waals surface area contributed by atoms with Gasteiger partial charge in [0.25, 0.3) is 5.01 Å². The van der Waals surface area contributed by atoms with E-state index in [-0.39, 0.29) is 0 Å². The molecular formula is C31H31N2O2S2+. The van der Waals surface area contributed by atoms with Gasteiger partial charge < -0.3 is 15.1 Å². The first kappa shape index (κ1) is 25.2. The lowest BCUT2D eigenvalue weighted by atomic mass is 10.1. The minimum Gasteiger partial charge on any atom is -0.508 e. The topological polar surface area (TPSA) is 47.6 Å². The second-order valence-corrected chi connectivity index (χ2v) is 11.1. The fourth-order valence-corrected chi connectivity index (χ4v) is 6.68. The van der Waals surface area contributed by atoms with E-state index in [4.69, 9.17) is 0 Å². The molecule has 0 bridgehead atoms. The van der Waals surface area contributed by atoms with Gasteiger partial charge in [0.1, 0.15) is 22.7 Å². The molecule has 188 valence electrons. The average Bonchev–Trinajstić information content (AvgIpc) is 3.42. The van der Waals surface area contributed by atoms with Crippen molar-refractivity contribution in [3.63, 3.8) is 0 Å². The lowest BCUT2D eigenvalue weighted by Crippen LogP contribution is -2.34. The number of nitrogens with zero attached hydrogens (tertiary/aromatic N) is 2. The number of fused-ring (bicyclic) bond motifs is 2. The molecule has 3 aromatic carbocycles. The first-order valence-corrected chi connectivity index (χ1v) is 14.3. The van der Waals surface area contributed by atoms with Crippen molar-refractivity contribution in [3.05, 3.63) is 101 Å². The van der Waals surface area contributed by atoms with Crippen LogP contribution in [0.2, 0.25) is 0 Å². The molecule has 0 atom stereocenters. The van der Waals surface area contributed by atoms with Gasteiger partial charge in [-0.25, -0.2) is 0 Å². The Bertz CT molecular complexity index is 1500. The number of anilines is 1. The molecule has 4 aromatic rings. The zero-order valence-electron chi connectivity index (χ0n) is 21.1. The molecule has 2 heterocycles. The molecule has 1 aromatic heterocycles. The van der Waals surface area contributed by atoms with Crippen molar-refractivity contribution in [2.75, 3.05) is 11.4 Å². The molecule has 5 rings (SSSR count). The van der Waals surface area contributed by atoms with Crippen LogP contribution in [0.3, 0.4) is 0 Å². The largest absolute Gasteiger partial charge is 0.508 e. The van der Waals surface area contributed by atoms with E-state index in [1.54, 1.807) is 35.2 Å². The Balaban J connectivity index is 1.54. The molecule has 0 radical (unpaired) electrons. The quantitative estimate of drug-likeness (QED) is 0.180. The Morgan fingerprint density at radius 1 is 0.946 bits per heavy atom. The Labute approximate surface area is 226 Å². The van der Waals surface area contributed by atoms with Crippen LogP contribution in [-0.4, -0.2) is 16.8 Å². The number of aryl methyl sites for hydroxylation is 1. The van der Waals surface area contributed by atoms with Crippen LogP contribution in [-0.2, 0) is 6.54 Å². The minimum absolute atomic E-state index is 0.294. The van der Waals surface area contributed by atoms with Crippen molar-refractivity contribution in [1.29, 1.82) is 0 Å². The monoisotopic (exact) mass is 527 g/mol. The van der Waals surface area contributed by atoms with Crippen molar-refractivity contribution in [2.24, 2.45) is 0 Å². The van der Waals surface area contributed by atoms with E-state index in [9.17, 15) is 10.2 Å². The van der Waals surface area contributed by atoms with Gasteiger partial charge >= 0.3 is 0 Å². The fourth-order valence-electron chi connectivity index (χ4n) is 4.54. The van der Waals surface area contributed by atoms with Crippen LogP contribution in [0.5, 0.6) is 11.5 Å². The summed E-state index contributed by atoms with van der Waals surface area (Å²) in [5.41, 5.74) is 4.40. The van der Waals surface area contributed by atoms with Gasteiger partial charge in [-0.05, 0) is 54.0 Å². The number of aromatic hydroxyl groups is 2. The summed E-state index contributed by atoms with van der Waals surface area (Å²) in [6.45, 7) is 6.14. The normalized spacial score (nSPS) is 14.8. The molecule has 1 aliphatic heterocycles. The number of hydrogen-bond acceptors (Lipinski definition) is 5. The Hall–Kier alpha value is -3.48. The number of phenols is 2. The zero-order chi connectivity index (χ0) is 25.8. The maximum atomic E-state index is 10.1. The van der Waals surface area contributed by atoms with Crippen LogP contribution in [0.4, 0.5) is 5.69 Å². The average molecular weight is 528 g/mol. The van der Waals surface area contributed by atoms with E-state index in [1.807, 2.05) is 30.3 Å². The summed E-state index contributed by atoms with van der Waals surface area (Å²) in [5.74, 6) is 0.587. The molecule has 0 unspecified atom stereocenters. The third kappa shape index (κ3) is 5.45. The second kappa shape index (κ2) is 11.3. The van der Waals surface area contributed by atoms with Gasteiger partial charge in [-0.1, -0.05) is 73.4 Å². The van der Waals surface area contributed by atoms with Crippen LogP contribution >= 0.6 is 23.1 Å². The predicted octanol–water partition coefficient (Wildman–Crippen LogP) is 7.97. The van der Waals surface area contributed by atoms with E-state index in [0.717, 1.165) is 67.9 Å². The van der Waals surface area contributed by atoms with Crippen molar-refractivity contribution in [1.82, 2.24) is 0 Å². The maximum Gasteiger partial charge on any atom is 0.262 e. The molecule has 0 saturated carbocycles. The molecule has 0 aliphatic carbocycles. The number of thiazole rings is 1. The molecule has 6 heteroatoms. The van der Waals surface area contributed by atoms with Gasteiger partial charge in [0.15, 0.2) is 0 Å². The van der Waals surface area contributed by atoms with Crippen LogP contribution < -0.4 is 9.47 Å². The first-order valence-electron chi connectivity index (χ1n) is 12.7. The van der Waals surface area contributed by atoms with Crippen LogP contribution in [0.25, 0.3) is 21.9 Å². The van der Waals surface area contributed by atoms with Crippen LogP contribution in [0.15, 0.2) is 94.9 Å². The van der Waals surface area contributed by atoms with Gasteiger partial charge in [0, 0.05) is 30.0 Å². The van der Waals surface area contributed by atoms with Crippen LogP contribution in [0.1, 0.15) is 37.3 Å². The summed E-state index contributed by atoms with van der Waals surface area (Å²) >= 11 is 3.48. The molecule has 1 aliphatic rings. The Morgan fingerprint density at radius 3 is 2.51 bits per heavy atom. The lowest BCUT2D eigenvalue weighted by molar-refractivity contribution is -0.668. The standard InChI is InChI=1S/C31H30N2O2S2/c1-3-18-32-26-20-24(34)12-14-28(26)36-30(32)16-10-23(22-8-6-5-7-9-22)11-17-31-33(19-4-2)27-21-25(35)13-15-29(27)37-31/h5-17,20-21H,3-4,18-19H2,1-2H3,(H-,34,35)/p+1. The van der Waals surface area contributed by atoms with Crippen LogP contribution in [0, 0.1) is 0 Å². The number of hydrogen-bond donors (Lipinski definition) is 2. The molecule has 0 spiro atoms. The summed E-state index contributed by atoms with van der Waals surface area (Å²) in [6, 6.07) is 21.6. The Morgan fingerprint density at radius 2 is 1.73 bits per heavy atom. The highest BCUT2D eigenvalue weighted by Crippen LogP contribution is 2.47. The number of phenolic OH excluding ortho intramolecular Hbond substituents is 2. The van der Waals surface area contributed by atoms with Gasteiger partial charge in [-0.2, -0.15) is 4.57 Å². The summed E-state index contributed by atoms with van der Waals surface area (Å²) in [7, 11) is 0. The number of benzene rings is 3. The molecule has 37 heavy (non-hydrogen) atoms. The molecule has 0 fully saturated rings. The number of rotatable bonds is 8. The van der Waals surface area contributed by atoms with E-state index < -0.39 is 0 Å². The Kier molecular flexibility index (Phi) is 7.68. The highest BCUT2D eigenvalue weighted by molar-refractivity contribution is 8.03. The third-order valence-electron chi connectivity index (χ3n) is 6.24. The first-order chi connectivity index (χ1) is 18.1. The SMILES string of the molecule is CCCN1\C(=C/C=C(/C=C/c2sc3ccc(O)cc3[n+]2CCC)c2ccccc2)Sc2ccc(O)cc21. The van der Waals surface area contributed by atoms with Crippen molar-refractivity contribution < 1.29 is 14.8 Å².